The second-order valence-corrected chi connectivity index (χ2v) is 6.99. The van der Waals surface area contributed by atoms with Gasteiger partial charge in [-0.1, -0.05) is 42.0 Å². The van der Waals surface area contributed by atoms with Crippen LogP contribution in [0.25, 0.3) is 11.0 Å². The highest BCUT2D eigenvalue weighted by molar-refractivity contribution is 5.78. The fourth-order valence-electron chi connectivity index (χ4n) is 3.65. The molecule has 1 atom stereocenters. The standard InChI is InChI=1S/C21H25N3O/c1-16-9-11-17(12-10-16)20(25)15-24-19-8-4-3-7-18(19)22-21(24)23-13-5-2-6-14-23/h3-4,7-12,20,25H,2,5-6,13-15H2,1H3. The zero-order chi connectivity index (χ0) is 17.2. The molecule has 1 aliphatic heterocycles. The predicted molar refractivity (Wildman–Crippen MR) is 102 cm³/mol. The number of hydrogen-bond acceptors (Lipinski definition) is 3. The van der Waals surface area contributed by atoms with Crippen LogP contribution in [-0.4, -0.2) is 27.7 Å². The van der Waals surface area contributed by atoms with Gasteiger partial charge in [0, 0.05) is 13.1 Å². The van der Waals surface area contributed by atoms with E-state index in [0.717, 1.165) is 35.6 Å². The van der Waals surface area contributed by atoms with Gasteiger partial charge >= 0.3 is 0 Å². The highest BCUT2D eigenvalue weighted by Gasteiger charge is 2.21. The van der Waals surface area contributed by atoms with Crippen LogP contribution < -0.4 is 4.90 Å². The molecule has 1 aromatic heterocycles. The number of imidazole rings is 1. The summed E-state index contributed by atoms with van der Waals surface area (Å²) in [4.78, 5) is 7.24. The van der Waals surface area contributed by atoms with E-state index in [-0.39, 0.29) is 0 Å². The molecule has 1 fully saturated rings. The van der Waals surface area contributed by atoms with Gasteiger partial charge in [0.2, 0.25) is 5.95 Å². The first-order valence-corrected chi connectivity index (χ1v) is 9.17. The van der Waals surface area contributed by atoms with Crippen LogP contribution in [0, 0.1) is 6.92 Å². The Balaban J connectivity index is 1.70. The van der Waals surface area contributed by atoms with E-state index in [9.17, 15) is 5.11 Å². The summed E-state index contributed by atoms with van der Waals surface area (Å²) in [5.74, 6) is 0.993. The molecule has 3 aromatic rings. The highest BCUT2D eigenvalue weighted by atomic mass is 16.3. The first-order chi connectivity index (χ1) is 12.2. The van der Waals surface area contributed by atoms with E-state index in [4.69, 9.17) is 4.98 Å². The molecule has 1 saturated heterocycles. The fourth-order valence-corrected chi connectivity index (χ4v) is 3.65. The molecule has 0 amide bonds. The number of rotatable bonds is 4. The zero-order valence-corrected chi connectivity index (χ0v) is 14.7. The van der Waals surface area contributed by atoms with Crippen molar-refractivity contribution < 1.29 is 5.11 Å². The van der Waals surface area contributed by atoms with E-state index < -0.39 is 6.10 Å². The van der Waals surface area contributed by atoms with Crippen molar-refractivity contribution in [1.82, 2.24) is 9.55 Å². The Hall–Kier alpha value is -2.33. The number of benzene rings is 2. The van der Waals surface area contributed by atoms with Crippen LogP contribution in [0.15, 0.2) is 48.5 Å². The largest absolute Gasteiger partial charge is 0.387 e. The van der Waals surface area contributed by atoms with Gasteiger partial charge < -0.3 is 14.6 Å². The maximum atomic E-state index is 10.8. The molecule has 1 unspecified atom stereocenters. The van der Waals surface area contributed by atoms with E-state index in [2.05, 4.69) is 40.7 Å². The van der Waals surface area contributed by atoms with Crippen molar-refractivity contribution in [1.29, 1.82) is 0 Å². The van der Waals surface area contributed by atoms with Gasteiger partial charge in [0.05, 0.1) is 23.7 Å². The maximum absolute atomic E-state index is 10.8. The van der Waals surface area contributed by atoms with Gasteiger partial charge in [0.1, 0.15) is 0 Å². The monoisotopic (exact) mass is 335 g/mol. The van der Waals surface area contributed by atoms with Gasteiger partial charge in [-0.05, 0) is 43.9 Å². The molecular weight excluding hydrogens is 310 g/mol. The SMILES string of the molecule is Cc1ccc(C(O)Cn2c(N3CCCCC3)nc3ccccc32)cc1. The first-order valence-electron chi connectivity index (χ1n) is 9.17. The number of nitrogens with zero attached hydrogens (tertiary/aromatic N) is 3. The molecule has 2 aromatic carbocycles. The van der Waals surface area contributed by atoms with E-state index >= 15 is 0 Å². The average Bonchev–Trinajstić information content (AvgIpc) is 3.02. The smallest absolute Gasteiger partial charge is 0.206 e. The maximum Gasteiger partial charge on any atom is 0.206 e. The van der Waals surface area contributed by atoms with Crippen molar-refractivity contribution in [2.45, 2.75) is 38.8 Å². The van der Waals surface area contributed by atoms with Gasteiger partial charge in [-0.15, -0.1) is 0 Å². The van der Waals surface area contributed by atoms with Crippen LogP contribution in [0.3, 0.4) is 0 Å². The second-order valence-electron chi connectivity index (χ2n) is 6.99. The third kappa shape index (κ3) is 3.27. The van der Waals surface area contributed by atoms with Crippen molar-refractivity contribution in [3.05, 3.63) is 59.7 Å². The molecule has 0 bridgehead atoms. The number of aliphatic hydroxyl groups is 1. The minimum Gasteiger partial charge on any atom is -0.387 e. The third-order valence-corrected chi connectivity index (χ3v) is 5.09. The summed E-state index contributed by atoms with van der Waals surface area (Å²) in [5.41, 5.74) is 4.25. The lowest BCUT2D eigenvalue weighted by Crippen LogP contribution is -2.32. The van der Waals surface area contributed by atoms with Gasteiger partial charge in [0.15, 0.2) is 0 Å². The van der Waals surface area contributed by atoms with Crippen LogP contribution in [0.4, 0.5) is 5.95 Å². The number of piperidine rings is 1. The van der Waals surface area contributed by atoms with Crippen LogP contribution in [0.1, 0.15) is 36.5 Å². The summed E-state index contributed by atoms with van der Waals surface area (Å²) in [7, 11) is 0. The molecule has 25 heavy (non-hydrogen) atoms. The van der Waals surface area contributed by atoms with E-state index in [1.807, 2.05) is 24.3 Å². The summed E-state index contributed by atoms with van der Waals surface area (Å²) in [5, 5.41) is 10.8. The van der Waals surface area contributed by atoms with Crippen LogP contribution >= 0.6 is 0 Å². The molecule has 4 nitrogen and oxygen atoms in total. The molecule has 0 saturated carbocycles. The Kier molecular flexibility index (Phi) is 4.45. The third-order valence-electron chi connectivity index (χ3n) is 5.09. The lowest BCUT2D eigenvalue weighted by molar-refractivity contribution is 0.158. The van der Waals surface area contributed by atoms with E-state index in [1.165, 1.54) is 24.8 Å². The number of aryl methyl sites for hydroxylation is 1. The predicted octanol–water partition coefficient (Wildman–Crippen LogP) is 4.07. The Labute approximate surface area is 148 Å². The molecule has 2 heterocycles. The number of aromatic nitrogens is 2. The molecule has 1 aliphatic rings. The number of fused-ring (bicyclic) bond motifs is 1. The lowest BCUT2D eigenvalue weighted by Gasteiger charge is -2.29. The molecule has 4 heteroatoms. The number of aliphatic hydroxyl groups excluding tert-OH is 1. The molecule has 4 rings (SSSR count). The van der Waals surface area contributed by atoms with Crippen LogP contribution in [0.2, 0.25) is 0 Å². The Bertz CT molecular complexity index is 847. The minimum atomic E-state index is -0.540. The van der Waals surface area contributed by atoms with Crippen LogP contribution in [-0.2, 0) is 6.54 Å². The lowest BCUT2D eigenvalue weighted by atomic mass is 10.1. The summed E-state index contributed by atoms with van der Waals surface area (Å²) in [6.45, 7) is 4.68. The van der Waals surface area contributed by atoms with Crippen molar-refractivity contribution in [3.8, 4) is 0 Å². The summed E-state index contributed by atoms with van der Waals surface area (Å²) >= 11 is 0. The number of para-hydroxylation sites is 2. The summed E-state index contributed by atoms with van der Waals surface area (Å²) < 4.78 is 2.19. The normalized spacial score (nSPS) is 16.3. The molecule has 0 radical (unpaired) electrons. The molecular formula is C21H25N3O. The average molecular weight is 335 g/mol. The number of hydrogen-bond donors (Lipinski definition) is 1. The summed E-state index contributed by atoms with van der Waals surface area (Å²) in [6, 6.07) is 16.3. The van der Waals surface area contributed by atoms with Gasteiger partial charge in [-0.25, -0.2) is 4.98 Å². The van der Waals surface area contributed by atoms with Crippen molar-refractivity contribution in [3.63, 3.8) is 0 Å². The van der Waals surface area contributed by atoms with Crippen LogP contribution in [0.5, 0.6) is 0 Å². The van der Waals surface area contributed by atoms with Crippen molar-refractivity contribution in [2.75, 3.05) is 18.0 Å². The van der Waals surface area contributed by atoms with Gasteiger partial charge in [-0.2, -0.15) is 0 Å². The Morgan fingerprint density at radius 1 is 1.00 bits per heavy atom. The van der Waals surface area contributed by atoms with Crippen molar-refractivity contribution in [2.24, 2.45) is 0 Å². The van der Waals surface area contributed by atoms with Crippen molar-refractivity contribution >= 4 is 17.0 Å². The fraction of sp³-hybridized carbons (Fsp3) is 0.381. The van der Waals surface area contributed by atoms with E-state index in [0.29, 0.717) is 6.54 Å². The molecule has 130 valence electrons. The zero-order valence-electron chi connectivity index (χ0n) is 14.7. The topological polar surface area (TPSA) is 41.3 Å². The number of anilines is 1. The molecule has 1 N–H and O–H groups in total. The van der Waals surface area contributed by atoms with Gasteiger partial charge in [0.25, 0.3) is 0 Å². The Morgan fingerprint density at radius 2 is 1.72 bits per heavy atom. The Morgan fingerprint density at radius 3 is 2.48 bits per heavy atom. The molecule has 0 aliphatic carbocycles. The van der Waals surface area contributed by atoms with E-state index in [1.54, 1.807) is 0 Å². The highest BCUT2D eigenvalue weighted by Crippen LogP contribution is 2.28. The van der Waals surface area contributed by atoms with Gasteiger partial charge in [-0.3, -0.25) is 0 Å². The second kappa shape index (κ2) is 6.89. The minimum absolute atomic E-state index is 0.523. The first kappa shape index (κ1) is 16.2. The quantitative estimate of drug-likeness (QED) is 0.781. The summed E-state index contributed by atoms with van der Waals surface area (Å²) in [6.07, 6.45) is 3.18. The molecule has 0 spiro atoms.